The van der Waals surface area contributed by atoms with Gasteiger partial charge in [0.15, 0.2) is 6.10 Å². The minimum atomic E-state index is -0.541. The van der Waals surface area contributed by atoms with Crippen LogP contribution in [0.25, 0.3) is 0 Å². The van der Waals surface area contributed by atoms with Crippen LogP contribution in [-0.4, -0.2) is 48.8 Å². The molecule has 0 N–H and O–H groups in total. The van der Waals surface area contributed by atoms with Crippen molar-refractivity contribution < 1.29 is 14.3 Å². The SMILES string of the molecule is C=C=C[C@@]1(N(C)C)[C@H](OC(C)=O)[C@@H](CC(C)C)O[C@H]1C(C)C. The Morgan fingerprint density at radius 2 is 2.00 bits per heavy atom. The lowest BCUT2D eigenvalue weighted by atomic mass is 9.79. The van der Waals surface area contributed by atoms with E-state index in [9.17, 15) is 4.79 Å². The fourth-order valence-electron chi connectivity index (χ4n) is 3.48. The van der Waals surface area contributed by atoms with Crippen LogP contribution in [0.5, 0.6) is 0 Å². The van der Waals surface area contributed by atoms with Crippen LogP contribution in [0.15, 0.2) is 18.4 Å². The van der Waals surface area contributed by atoms with Gasteiger partial charge in [-0.1, -0.05) is 34.3 Å². The van der Waals surface area contributed by atoms with Gasteiger partial charge < -0.3 is 9.47 Å². The van der Waals surface area contributed by atoms with Gasteiger partial charge in [-0.25, -0.2) is 0 Å². The number of esters is 1. The van der Waals surface area contributed by atoms with E-state index in [0.717, 1.165) is 6.42 Å². The van der Waals surface area contributed by atoms with E-state index < -0.39 is 5.54 Å². The number of rotatable bonds is 6. The van der Waals surface area contributed by atoms with E-state index in [1.165, 1.54) is 6.92 Å². The average Bonchev–Trinajstić information content (AvgIpc) is 2.65. The minimum Gasteiger partial charge on any atom is -0.457 e. The van der Waals surface area contributed by atoms with Crippen molar-refractivity contribution >= 4 is 5.97 Å². The maximum atomic E-state index is 11.7. The highest BCUT2D eigenvalue weighted by atomic mass is 16.6. The molecule has 1 rings (SSSR count). The fourth-order valence-corrected chi connectivity index (χ4v) is 3.48. The summed E-state index contributed by atoms with van der Waals surface area (Å²) in [6, 6.07) is 0. The molecule has 0 aromatic carbocycles. The van der Waals surface area contributed by atoms with Gasteiger partial charge in [0.2, 0.25) is 0 Å². The van der Waals surface area contributed by atoms with Gasteiger partial charge in [0.05, 0.1) is 12.2 Å². The lowest BCUT2D eigenvalue weighted by molar-refractivity contribution is -0.153. The molecule has 0 amide bonds. The molecule has 1 heterocycles. The van der Waals surface area contributed by atoms with Crippen molar-refractivity contribution in [1.29, 1.82) is 0 Å². The van der Waals surface area contributed by atoms with Crippen LogP contribution in [0.2, 0.25) is 0 Å². The van der Waals surface area contributed by atoms with Crippen molar-refractivity contribution in [3.63, 3.8) is 0 Å². The predicted octanol–water partition coefficient (Wildman–Crippen LogP) is 3.03. The maximum Gasteiger partial charge on any atom is 0.303 e. The van der Waals surface area contributed by atoms with Crippen LogP contribution < -0.4 is 0 Å². The highest BCUT2D eigenvalue weighted by Crippen LogP contribution is 2.43. The number of carbonyl (C=O) groups excluding carboxylic acids is 1. The zero-order valence-electron chi connectivity index (χ0n) is 15.1. The zero-order chi connectivity index (χ0) is 17.1. The van der Waals surface area contributed by atoms with Crippen molar-refractivity contribution in [3.8, 4) is 0 Å². The number of hydrogen-bond acceptors (Lipinski definition) is 4. The minimum absolute atomic E-state index is 0.0788. The van der Waals surface area contributed by atoms with Gasteiger partial charge >= 0.3 is 5.97 Å². The van der Waals surface area contributed by atoms with Gasteiger partial charge in [-0.05, 0) is 38.4 Å². The number of hydrogen-bond donors (Lipinski definition) is 0. The molecule has 22 heavy (non-hydrogen) atoms. The number of likely N-dealkylation sites (N-methyl/N-ethyl adjacent to an activating group) is 1. The third-order valence-corrected chi connectivity index (χ3v) is 4.28. The summed E-state index contributed by atoms with van der Waals surface area (Å²) < 4.78 is 12.1. The van der Waals surface area contributed by atoms with E-state index in [2.05, 4.69) is 44.9 Å². The van der Waals surface area contributed by atoms with Gasteiger partial charge in [-0.15, -0.1) is 5.73 Å². The second-order valence-electron chi connectivity index (χ2n) is 7.13. The quantitative estimate of drug-likeness (QED) is 0.558. The zero-order valence-corrected chi connectivity index (χ0v) is 15.1. The normalized spacial score (nSPS) is 31.6. The molecule has 1 fully saturated rings. The first-order valence-electron chi connectivity index (χ1n) is 8.03. The summed E-state index contributed by atoms with van der Waals surface area (Å²) in [6.07, 6.45) is 2.20. The topological polar surface area (TPSA) is 38.8 Å². The number of carbonyl (C=O) groups is 1. The Morgan fingerprint density at radius 1 is 1.41 bits per heavy atom. The monoisotopic (exact) mass is 309 g/mol. The Labute approximate surface area is 135 Å². The van der Waals surface area contributed by atoms with Crippen molar-refractivity contribution in [2.24, 2.45) is 11.8 Å². The summed E-state index contributed by atoms with van der Waals surface area (Å²) in [7, 11) is 3.97. The molecule has 0 saturated carbocycles. The highest BCUT2D eigenvalue weighted by Gasteiger charge is 2.59. The molecule has 4 atom stereocenters. The van der Waals surface area contributed by atoms with E-state index in [4.69, 9.17) is 9.47 Å². The summed E-state index contributed by atoms with van der Waals surface area (Å²) in [5, 5.41) is 0. The van der Waals surface area contributed by atoms with Crippen LogP contribution in [0.1, 0.15) is 41.0 Å². The molecule has 0 aromatic rings. The third-order valence-electron chi connectivity index (χ3n) is 4.28. The summed E-state index contributed by atoms with van der Waals surface area (Å²) in [6.45, 7) is 13.7. The fraction of sp³-hybridized carbons (Fsp3) is 0.778. The van der Waals surface area contributed by atoms with Gasteiger partial charge in [0.25, 0.3) is 0 Å². The Balaban J connectivity index is 3.38. The Hall–Kier alpha value is -1.09. The molecular weight excluding hydrogens is 278 g/mol. The summed E-state index contributed by atoms with van der Waals surface area (Å²) in [5.74, 6) is 0.458. The van der Waals surface area contributed by atoms with Gasteiger partial charge in [0.1, 0.15) is 5.54 Å². The van der Waals surface area contributed by atoms with Crippen LogP contribution in [0.3, 0.4) is 0 Å². The maximum absolute atomic E-state index is 11.7. The molecule has 4 heteroatoms. The smallest absolute Gasteiger partial charge is 0.303 e. The Kier molecular flexibility index (Phi) is 6.42. The lowest BCUT2D eigenvalue weighted by Gasteiger charge is -2.42. The second kappa shape index (κ2) is 7.45. The molecule has 0 unspecified atom stereocenters. The molecule has 0 aliphatic carbocycles. The van der Waals surface area contributed by atoms with Crippen molar-refractivity contribution in [3.05, 3.63) is 18.4 Å². The number of ether oxygens (including phenoxy) is 2. The van der Waals surface area contributed by atoms with Crippen LogP contribution >= 0.6 is 0 Å². The molecule has 0 aromatic heterocycles. The predicted molar refractivity (Wildman–Crippen MR) is 88.6 cm³/mol. The highest BCUT2D eigenvalue weighted by molar-refractivity contribution is 5.66. The molecule has 0 bridgehead atoms. The van der Waals surface area contributed by atoms with Crippen molar-refractivity contribution in [2.45, 2.75) is 64.9 Å². The molecule has 0 spiro atoms. The van der Waals surface area contributed by atoms with E-state index in [1.54, 1.807) is 0 Å². The summed E-state index contributed by atoms with van der Waals surface area (Å²) >= 11 is 0. The largest absolute Gasteiger partial charge is 0.457 e. The number of nitrogens with zero attached hydrogens (tertiary/aromatic N) is 1. The molecule has 1 saturated heterocycles. The van der Waals surface area contributed by atoms with Crippen LogP contribution in [-0.2, 0) is 14.3 Å². The van der Waals surface area contributed by atoms with Crippen molar-refractivity contribution in [1.82, 2.24) is 4.90 Å². The third kappa shape index (κ3) is 3.62. The van der Waals surface area contributed by atoms with E-state index in [1.807, 2.05) is 20.2 Å². The van der Waals surface area contributed by atoms with Gasteiger partial charge in [0, 0.05) is 6.92 Å². The average molecular weight is 309 g/mol. The molecule has 1 aliphatic rings. The Bertz CT molecular complexity index is 438. The van der Waals surface area contributed by atoms with E-state index >= 15 is 0 Å². The molecule has 126 valence electrons. The molecular formula is C18H31NO3. The van der Waals surface area contributed by atoms with Crippen molar-refractivity contribution in [2.75, 3.05) is 14.1 Å². The molecule has 4 nitrogen and oxygen atoms in total. The first kappa shape index (κ1) is 19.0. The lowest BCUT2D eigenvalue weighted by Crippen LogP contribution is -2.59. The molecule has 0 radical (unpaired) electrons. The van der Waals surface area contributed by atoms with E-state index in [0.29, 0.717) is 5.92 Å². The van der Waals surface area contributed by atoms with E-state index in [-0.39, 0.29) is 30.2 Å². The summed E-state index contributed by atoms with van der Waals surface area (Å²) in [4.78, 5) is 13.7. The van der Waals surface area contributed by atoms with Crippen LogP contribution in [0, 0.1) is 11.8 Å². The van der Waals surface area contributed by atoms with Gasteiger partial charge in [-0.3, -0.25) is 9.69 Å². The first-order valence-corrected chi connectivity index (χ1v) is 8.03. The first-order chi connectivity index (χ1) is 10.2. The van der Waals surface area contributed by atoms with Crippen LogP contribution in [0.4, 0.5) is 0 Å². The standard InChI is InChI=1S/C18H31NO3/c1-9-10-18(19(7)8)16(13(4)5)22-15(11-12(2)3)17(18)21-14(6)20/h10,12-13,15-17H,1,11H2,2-8H3/t15-,16+,17-,18+/m1/s1. The van der Waals surface area contributed by atoms with Gasteiger partial charge in [-0.2, -0.15) is 0 Å². The summed E-state index contributed by atoms with van der Waals surface area (Å²) in [5.41, 5.74) is 2.37. The Morgan fingerprint density at radius 3 is 2.36 bits per heavy atom. The second-order valence-corrected chi connectivity index (χ2v) is 7.13. The molecule has 1 aliphatic heterocycles.